The number of halogens is 1. The molecule has 0 aliphatic heterocycles. The van der Waals surface area contributed by atoms with Crippen molar-refractivity contribution in [1.82, 2.24) is 0 Å². The van der Waals surface area contributed by atoms with Crippen LogP contribution in [0, 0.1) is 5.82 Å². The second kappa shape index (κ2) is 10.8. The fraction of sp³-hybridized carbons (Fsp3) is 0.129. The first kappa shape index (κ1) is 23.9. The summed E-state index contributed by atoms with van der Waals surface area (Å²) in [7, 11) is -0.253. The van der Waals surface area contributed by atoms with Crippen LogP contribution in [-0.4, -0.2) is 12.6 Å². The van der Waals surface area contributed by atoms with E-state index in [2.05, 4.69) is 48.5 Å². The van der Waals surface area contributed by atoms with Crippen LogP contribution in [0.2, 0.25) is 0 Å². The Morgan fingerprint density at radius 2 is 1.33 bits per heavy atom. The summed E-state index contributed by atoms with van der Waals surface area (Å²) >= 11 is 0. The van der Waals surface area contributed by atoms with E-state index in [0.717, 1.165) is 4.90 Å². The van der Waals surface area contributed by atoms with Crippen LogP contribution in [0.1, 0.15) is 18.4 Å². The number of hydrogen-bond acceptors (Lipinski definition) is 3. The molecule has 36 heavy (non-hydrogen) atoms. The van der Waals surface area contributed by atoms with Crippen molar-refractivity contribution < 1.29 is 18.7 Å². The summed E-state index contributed by atoms with van der Waals surface area (Å²) in [5, 5.41) is 0. The van der Waals surface area contributed by atoms with Crippen molar-refractivity contribution in [3.8, 4) is 5.75 Å². The summed E-state index contributed by atoms with van der Waals surface area (Å²) in [6.45, 7) is -0.223. The molecule has 0 bridgehead atoms. The standard InChI is InChI=1S/C31H26FO3S/c32-25-11-9-10-24(22-25)31(20-7-8-21-31)35-30(33)23-34-26-16-18-29(19-17-26)36(27-12-3-1-4-13-27)28-14-5-2-6-15-28/h1-19,22H,20-21,23H2/q+1. The Kier molecular flexibility index (Phi) is 7.19. The van der Waals surface area contributed by atoms with Gasteiger partial charge in [-0.2, -0.15) is 0 Å². The zero-order chi connectivity index (χ0) is 24.8. The molecule has 1 aliphatic rings. The van der Waals surface area contributed by atoms with Crippen molar-refractivity contribution in [2.75, 3.05) is 6.61 Å². The van der Waals surface area contributed by atoms with E-state index in [-0.39, 0.29) is 23.3 Å². The van der Waals surface area contributed by atoms with Crippen LogP contribution in [-0.2, 0) is 26.0 Å². The van der Waals surface area contributed by atoms with Crippen LogP contribution >= 0.6 is 0 Å². The molecule has 0 N–H and O–H groups in total. The number of carbonyl (C=O) groups is 1. The van der Waals surface area contributed by atoms with Crippen LogP contribution in [0.4, 0.5) is 4.39 Å². The maximum atomic E-state index is 13.8. The largest absolute Gasteiger partial charge is 0.482 e. The second-order valence-corrected chi connectivity index (χ2v) is 10.6. The van der Waals surface area contributed by atoms with E-state index in [9.17, 15) is 9.18 Å². The lowest BCUT2D eigenvalue weighted by molar-refractivity contribution is -0.162. The maximum absolute atomic E-state index is 13.8. The molecule has 0 atom stereocenters. The predicted octanol–water partition coefficient (Wildman–Crippen LogP) is 7.09. The van der Waals surface area contributed by atoms with Crippen LogP contribution < -0.4 is 4.74 Å². The topological polar surface area (TPSA) is 35.5 Å². The fourth-order valence-electron chi connectivity index (χ4n) is 4.36. The van der Waals surface area contributed by atoms with E-state index < -0.39 is 11.6 Å². The molecule has 0 spiro atoms. The fourth-order valence-corrected chi connectivity index (χ4v) is 6.45. The van der Waals surface area contributed by atoms with Gasteiger partial charge in [0.15, 0.2) is 21.3 Å². The first-order chi connectivity index (χ1) is 17.6. The number of esters is 1. The van der Waals surface area contributed by atoms with Crippen molar-refractivity contribution in [1.29, 1.82) is 0 Å². The lowest BCUT2D eigenvalue weighted by atomic mass is 9.91. The van der Waals surface area contributed by atoms with Gasteiger partial charge in [0.1, 0.15) is 17.2 Å². The molecule has 0 unspecified atom stereocenters. The zero-order valence-corrected chi connectivity index (χ0v) is 20.5. The third kappa shape index (κ3) is 5.37. The lowest BCUT2D eigenvalue weighted by Crippen LogP contribution is -2.32. The van der Waals surface area contributed by atoms with Crippen molar-refractivity contribution in [3.05, 3.63) is 133 Å². The molecule has 0 heterocycles. The number of hydrogen-bond donors (Lipinski definition) is 0. The van der Waals surface area contributed by atoms with Crippen molar-refractivity contribution in [2.45, 2.75) is 33.1 Å². The SMILES string of the molecule is O=C(COc1ccc([S+](c2ccccc2)c2ccccc2)cc1)OC1(c2cccc(F)c2)CC=CC1. The number of benzene rings is 4. The number of ether oxygens (including phenoxy) is 2. The monoisotopic (exact) mass is 497 g/mol. The lowest BCUT2D eigenvalue weighted by Gasteiger charge is -2.29. The zero-order valence-electron chi connectivity index (χ0n) is 19.7. The quantitative estimate of drug-likeness (QED) is 0.148. The van der Waals surface area contributed by atoms with E-state index in [1.54, 1.807) is 12.1 Å². The van der Waals surface area contributed by atoms with Gasteiger partial charge in [-0.05, 0) is 66.2 Å². The van der Waals surface area contributed by atoms with Crippen LogP contribution in [0.3, 0.4) is 0 Å². The molecule has 0 aromatic heterocycles. The molecule has 5 heteroatoms. The average Bonchev–Trinajstić information content (AvgIpc) is 3.39. The molecule has 1 aliphatic carbocycles. The van der Waals surface area contributed by atoms with Gasteiger partial charge in [-0.25, -0.2) is 9.18 Å². The van der Waals surface area contributed by atoms with E-state index >= 15 is 0 Å². The Morgan fingerprint density at radius 1 is 0.750 bits per heavy atom. The first-order valence-corrected chi connectivity index (χ1v) is 13.1. The van der Waals surface area contributed by atoms with E-state index in [1.165, 1.54) is 21.9 Å². The minimum absolute atomic E-state index is 0.223. The molecule has 4 aromatic carbocycles. The van der Waals surface area contributed by atoms with E-state index in [1.807, 2.05) is 48.6 Å². The second-order valence-electron chi connectivity index (χ2n) is 8.55. The maximum Gasteiger partial charge on any atom is 0.345 e. The Hall–Kier alpha value is -3.83. The molecule has 5 rings (SSSR count). The van der Waals surface area contributed by atoms with Gasteiger partial charge in [-0.3, -0.25) is 0 Å². The highest BCUT2D eigenvalue weighted by molar-refractivity contribution is 7.97. The Balaban J connectivity index is 1.27. The summed E-state index contributed by atoms with van der Waals surface area (Å²) in [4.78, 5) is 16.3. The third-order valence-corrected chi connectivity index (χ3v) is 8.33. The van der Waals surface area contributed by atoms with Crippen LogP contribution in [0.25, 0.3) is 0 Å². The van der Waals surface area contributed by atoms with E-state index in [0.29, 0.717) is 24.2 Å². The summed E-state index contributed by atoms with van der Waals surface area (Å²) in [5.41, 5.74) is -0.231. The van der Waals surface area contributed by atoms with Gasteiger partial charge >= 0.3 is 5.97 Å². The molecular weight excluding hydrogens is 471 g/mol. The molecule has 0 saturated carbocycles. The summed E-state index contributed by atoms with van der Waals surface area (Å²) in [5.74, 6) is -0.249. The van der Waals surface area contributed by atoms with Crippen LogP contribution in [0.5, 0.6) is 5.75 Å². The summed E-state index contributed by atoms with van der Waals surface area (Å²) in [6.07, 6.45) is 4.93. The third-order valence-electron chi connectivity index (χ3n) is 6.10. The molecule has 4 aromatic rings. The van der Waals surface area contributed by atoms with Gasteiger partial charge in [-0.15, -0.1) is 0 Å². The van der Waals surface area contributed by atoms with Crippen molar-refractivity contribution >= 4 is 16.9 Å². The molecule has 0 radical (unpaired) electrons. The molecule has 0 saturated heterocycles. The molecular formula is C31H26FO3S+. The highest BCUT2D eigenvalue weighted by Crippen LogP contribution is 2.39. The van der Waals surface area contributed by atoms with Crippen molar-refractivity contribution in [3.63, 3.8) is 0 Å². The minimum Gasteiger partial charge on any atom is -0.482 e. The smallest absolute Gasteiger partial charge is 0.345 e. The Labute approximate surface area is 213 Å². The first-order valence-electron chi connectivity index (χ1n) is 11.8. The molecule has 0 fully saturated rings. The van der Waals surface area contributed by atoms with Gasteiger partial charge in [0, 0.05) is 12.8 Å². The number of rotatable bonds is 8. The highest BCUT2D eigenvalue weighted by atomic mass is 32.2. The average molecular weight is 498 g/mol. The summed E-state index contributed by atoms with van der Waals surface area (Å²) < 4.78 is 25.4. The van der Waals surface area contributed by atoms with Crippen LogP contribution in [0.15, 0.2) is 136 Å². The van der Waals surface area contributed by atoms with Crippen molar-refractivity contribution in [2.24, 2.45) is 0 Å². The normalized spacial score (nSPS) is 14.1. The predicted molar refractivity (Wildman–Crippen MR) is 140 cm³/mol. The highest BCUT2D eigenvalue weighted by Gasteiger charge is 2.37. The molecule has 180 valence electrons. The Morgan fingerprint density at radius 3 is 1.92 bits per heavy atom. The van der Waals surface area contributed by atoms with E-state index in [4.69, 9.17) is 9.47 Å². The van der Waals surface area contributed by atoms with Gasteiger partial charge in [0.25, 0.3) is 0 Å². The molecule has 3 nitrogen and oxygen atoms in total. The van der Waals surface area contributed by atoms with Gasteiger partial charge in [-0.1, -0.05) is 60.7 Å². The molecule has 0 amide bonds. The van der Waals surface area contributed by atoms with Gasteiger partial charge < -0.3 is 9.47 Å². The van der Waals surface area contributed by atoms with Gasteiger partial charge in [0.2, 0.25) is 0 Å². The minimum atomic E-state index is -0.883. The Bertz CT molecular complexity index is 1290. The number of carbonyl (C=O) groups excluding carboxylic acids is 1. The van der Waals surface area contributed by atoms with Gasteiger partial charge in [0.05, 0.1) is 10.9 Å². The summed E-state index contributed by atoms with van der Waals surface area (Å²) in [6, 6.07) is 34.9.